The number of carbonyl (C=O) groups excluding carboxylic acids is 1. The number of aromatic nitrogens is 2. The van der Waals surface area contributed by atoms with Gasteiger partial charge in [0.1, 0.15) is 5.75 Å². The van der Waals surface area contributed by atoms with Crippen LogP contribution in [0.1, 0.15) is 39.0 Å². The zero-order valence-electron chi connectivity index (χ0n) is 16.8. The quantitative estimate of drug-likeness (QED) is 0.613. The zero-order chi connectivity index (χ0) is 20.9. The van der Waals surface area contributed by atoms with Crippen LogP contribution >= 0.6 is 0 Å². The fourth-order valence-corrected chi connectivity index (χ4v) is 5.12. The highest BCUT2D eigenvalue weighted by Crippen LogP contribution is 2.21. The highest BCUT2D eigenvalue weighted by molar-refractivity contribution is 7.91. The van der Waals surface area contributed by atoms with Gasteiger partial charge < -0.3 is 14.2 Å². The molecule has 1 saturated heterocycles. The molecule has 1 aliphatic rings. The van der Waals surface area contributed by atoms with Crippen LogP contribution in [0.5, 0.6) is 5.75 Å². The van der Waals surface area contributed by atoms with Gasteiger partial charge in [0.25, 0.3) is 5.91 Å². The molecule has 9 heteroatoms. The van der Waals surface area contributed by atoms with E-state index in [0.717, 1.165) is 24.8 Å². The average Bonchev–Trinajstić information content (AvgIpc) is 3.32. The van der Waals surface area contributed by atoms with Crippen molar-refractivity contribution in [3.63, 3.8) is 0 Å². The van der Waals surface area contributed by atoms with Crippen LogP contribution < -0.4 is 4.74 Å². The molecule has 2 aromatic rings. The minimum absolute atomic E-state index is 0.0339. The van der Waals surface area contributed by atoms with E-state index < -0.39 is 9.84 Å². The Morgan fingerprint density at radius 2 is 2.03 bits per heavy atom. The van der Waals surface area contributed by atoms with E-state index in [1.807, 2.05) is 19.1 Å². The van der Waals surface area contributed by atoms with Gasteiger partial charge >= 0.3 is 0 Å². The lowest BCUT2D eigenvalue weighted by Crippen LogP contribution is -2.43. The Kier molecular flexibility index (Phi) is 6.89. The number of rotatable bonds is 9. The second-order valence-electron chi connectivity index (χ2n) is 7.16. The van der Waals surface area contributed by atoms with E-state index in [-0.39, 0.29) is 30.1 Å². The molecule has 1 aromatic heterocycles. The number of hydrogen-bond acceptors (Lipinski definition) is 7. The number of sulfone groups is 1. The molecule has 1 aliphatic heterocycles. The molecule has 1 fully saturated rings. The lowest BCUT2D eigenvalue weighted by molar-refractivity contribution is -0.135. The number of unbranched alkanes of at least 4 members (excludes halogenated alkanes) is 1. The third kappa shape index (κ3) is 5.56. The van der Waals surface area contributed by atoms with Gasteiger partial charge in [-0.2, -0.15) is 4.98 Å². The van der Waals surface area contributed by atoms with Gasteiger partial charge in [-0.05, 0) is 44.0 Å². The molecule has 0 radical (unpaired) electrons. The summed E-state index contributed by atoms with van der Waals surface area (Å²) in [4.78, 5) is 18.5. The fraction of sp³-hybridized carbons (Fsp3) is 0.550. The molecule has 2 heterocycles. The van der Waals surface area contributed by atoms with Crippen LogP contribution in [0.4, 0.5) is 0 Å². The van der Waals surface area contributed by atoms with Crippen molar-refractivity contribution in [1.29, 1.82) is 0 Å². The normalized spacial score (nSPS) is 17.9. The summed E-state index contributed by atoms with van der Waals surface area (Å²) < 4.78 is 34.2. The first kappa shape index (κ1) is 21.3. The van der Waals surface area contributed by atoms with Crippen LogP contribution in [0, 0.1) is 0 Å². The lowest BCUT2D eigenvalue weighted by Gasteiger charge is -2.26. The largest absolute Gasteiger partial charge is 0.484 e. The molecule has 1 aromatic carbocycles. The molecule has 0 N–H and O–H groups in total. The molecule has 8 nitrogen and oxygen atoms in total. The van der Waals surface area contributed by atoms with Crippen LogP contribution in [-0.2, 0) is 21.1 Å². The second kappa shape index (κ2) is 9.39. The van der Waals surface area contributed by atoms with Crippen LogP contribution in [0.3, 0.4) is 0 Å². The number of nitrogens with zero attached hydrogens (tertiary/aromatic N) is 3. The molecular weight excluding hydrogens is 394 g/mol. The van der Waals surface area contributed by atoms with E-state index in [1.54, 1.807) is 17.0 Å². The first-order valence-corrected chi connectivity index (χ1v) is 11.8. The number of amides is 1. The molecule has 3 rings (SSSR count). The van der Waals surface area contributed by atoms with Gasteiger partial charge in [-0.15, -0.1) is 0 Å². The number of ether oxygens (including phenoxy) is 1. The summed E-state index contributed by atoms with van der Waals surface area (Å²) in [7, 11) is -3.04. The van der Waals surface area contributed by atoms with E-state index >= 15 is 0 Å². The van der Waals surface area contributed by atoms with E-state index in [1.165, 1.54) is 0 Å². The summed E-state index contributed by atoms with van der Waals surface area (Å²) in [5.74, 6) is 1.66. The lowest BCUT2D eigenvalue weighted by atomic mass is 10.2. The van der Waals surface area contributed by atoms with E-state index in [4.69, 9.17) is 9.26 Å². The summed E-state index contributed by atoms with van der Waals surface area (Å²) in [5.41, 5.74) is 0.807. The van der Waals surface area contributed by atoms with Crippen molar-refractivity contribution in [3.05, 3.63) is 30.2 Å². The van der Waals surface area contributed by atoms with Crippen molar-refractivity contribution in [2.24, 2.45) is 0 Å². The van der Waals surface area contributed by atoms with Crippen LogP contribution in [0.15, 0.2) is 28.8 Å². The summed E-state index contributed by atoms with van der Waals surface area (Å²) in [6.07, 6.45) is 3.32. The Morgan fingerprint density at radius 3 is 2.66 bits per heavy atom. The topological polar surface area (TPSA) is 103 Å². The number of benzene rings is 1. The molecule has 29 heavy (non-hydrogen) atoms. The van der Waals surface area contributed by atoms with E-state index in [0.29, 0.717) is 30.4 Å². The number of carbonyl (C=O) groups is 1. The first-order chi connectivity index (χ1) is 13.9. The Labute approximate surface area is 171 Å². The molecule has 0 bridgehead atoms. The van der Waals surface area contributed by atoms with Crippen molar-refractivity contribution in [3.8, 4) is 17.1 Å². The maximum Gasteiger partial charge on any atom is 0.260 e. The highest BCUT2D eigenvalue weighted by atomic mass is 32.2. The maximum absolute atomic E-state index is 12.5. The van der Waals surface area contributed by atoms with Gasteiger partial charge in [0.15, 0.2) is 16.4 Å². The Morgan fingerprint density at radius 1 is 1.28 bits per heavy atom. The third-order valence-electron chi connectivity index (χ3n) is 5.00. The predicted molar refractivity (Wildman–Crippen MR) is 108 cm³/mol. The molecule has 0 spiro atoms. The van der Waals surface area contributed by atoms with Crippen molar-refractivity contribution in [2.75, 3.05) is 24.7 Å². The van der Waals surface area contributed by atoms with Crippen molar-refractivity contribution in [1.82, 2.24) is 15.0 Å². The van der Waals surface area contributed by atoms with Crippen molar-refractivity contribution >= 4 is 15.7 Å². The van der Waals surface area contributed by atoms with Gasteiger partial charge in [-0.3, -0.25) is 4.79 Å². The minimum atomic E-state index is -3.04. The Bertz CT molecular complexity index is 924. The summed E-state index contributed by atoms with van der Waals surface area (Å²) in [6, 6.07) is 6.87. The third-order valence-corrected chi connectivity index (χ3v) is 6.75. The highest BCUT2D eigenvalue weighted by Gasteiger charge is 2.33. The monoisotopic (exact) mass is 421 g/mol. The number of likely N-dealkylation sites (N-methyl/N-ethyl adjacent to an activating group) is 1. The molecule has 1 atom stereocenters. The summed E-state index contributed by atoms with van der Waals surface area (Å²) >= 11 is 0. The minimum Gasteiger partial charge on any atom is -0.484 e. The van der Waals surface area contributed by atoms with Gasteiger partial charge in [0, 0.05) is 24.6 Å². The van der Waals surface area contributed by atoms with Crippen LogP contribution in [-0.4, -0.2) is 60.1 Å². The van der Waals surface area contributed by atoms with Crippen LogP contribution in [0.2, 0.25) is 0 Å². The van der Waals surface area contributed by atoms with Gasteiger partial charge in [0.05, 0.1) is 11.5 Å². The van der Waals surface area contributed by atoms with Crippen molar-refractivity contribution < 1.29 is 22.5 Å². The zero-order valence-corrected chi connectivity index (χ0v) is 17.7. The molecular formula is C20H27N3O5S. The molecule has 0 saturated carbocycles. The smallest absolute Gasteiger partial charge is 0.260 e. The standard InChI is InChI=1S/C20H27N3O5S/c1-3-5-6-18-21-20(22-28-18)15-7-9-17(10-8-15)27-13-19(24)23(4-2)16-11-12-29(25,26)14-16/h7-10,16H,3-6,11-14H2,1-2H3. The molecule has 0 aliphatic carbocycles. The number of aryl methyl sites for hydroxylation is 1. The van der Waals surface area contributed by atoms with Crippen molar-refractivity contribution in [2.45, 2.75) is 45.6 Å². The molecule has 158 valence electrons. The van der Waals surface area contributed by atoms with Gasteiger partial charge in [-0.25, -0.2) is 8.42 Å². The molecule has 1 amide bonds. The Hall–Kier alpha value is -2.42. The van der Waals surface area contributed by atoms with E-state index in [9.17, 15) is 13.2 Å². The predicted octanol–water partition coefficient (Wildman–Crippen LogP) is 2.49. The van der Waals surface area contributed by atoms with Gasteiger partial charge in [-0.1, -0.05) is 18.5 Å². The van der Waals surface area contributed by atoms with E-state index in [2.05, 4.69) is 17.1 Å². The average molecular weight is 422 g/mol. The van der Waals surface area contributed by atoms with Crippen LogP contribution in [0.25, 0.3) is 11.4 Å². The SMILES string of the molecule is CCCCc1nc(-c2ccc(OCC(=O)N(CC)C3CCS(=O)(=O)C3)cc2)no1. The Balaban J connectivity index is 1.55. The second-order valence-corrected chi connectivity index (χ2v) is 9.39. The number of hydrogen-bond donors (Lipinski definition) is 0. The summed E-state index contributed by atoms with van der Waals surface area (Å²) in [5, 5.41) is 4.00. The first-order valence-electron chi connectivity index (χ1n) is 9.97. The van der Waals surface area contributed by atoms with Gasteiger partial charge in [0.2, 0.25) is 11.7 Å². The summed E-state index contributed by atoms with van der Waals surface area (Å²) in [6.45, 7) is 4.28. The maximum atomic E-state index is 12.5. The molecule has 1 unspecified atom stereocenters. The fourth-order valence-electron chi connectivity index (χ4n) is 3.39.